The highest BCUT2D eigenvalue weighted by Crippen LogP contribution is 2.29. The molecule has 0 aliphatic rings. The Balaban J connectivity index is 2.17. The van der Waals surface area contributed by atoms with E-state index in [0.29, 0.717) is 22.9 Å². The molecule has 0 unspecified atom stereocenters. The van der Waals surface area contributed by atoms with Crippen LogP contribution in [0.4, 0.5) is 11.4 Å². The van der Waals surface area contributed by atoms with Crippen molar-refractivity contribution in [2.45, 2.75) is 13.8 Å². The summed E-state index contributed by atoms with van der Waals surface area (Å²) in [6.07, 6.45) is 0. The lowest BCUT2D eigenvalue weighted by atomic mass is 10.2. The van der Waals surface area contributed by atoms with E-state index in [1.165, 1.54) is 18.9 Å². The lowest BCUT2D eigenvalue weighted by Crippen LogP contribution is -2.36. The van der Waals surface area contributed by atoms with Crippen LogP contribution in [0.1, 0.15) is 12.5 Å². The second-order valence-corrected chi connectivity index (χ2v) is 5.56. The summed E-state index contributed by atoms with van der Waals surface area (Å²) in [7, 11) is 3.06. The van der Waals surface area contributed by atoms with Crippen LogP contribution in [0.5, 0.6) is 11.5 Å². The van der Waals surface area contributed by atoms with Crippen LogP contribution in [0.15, 0.2) is 42.5 Å². The number of carbonyl (C=O) groups excluding carboxylic acids is 2. The van der Waals surface area contributed by atoms with E-state index in [1.54, 1.807) is 25.3 Å². The molecule has 0 saturated heterocycles. The first-order chi connectivity index (χ1) is 11.9. The third-order valence-electron chi connectivity index (χ3n) is 3.71. The van der Waals surface area contributed by atoms with Crippen molar-refractivity contribution in [3.63, 3.8) is 0 Å². The molecule has 0 bridgehead atoms. The molecule has 2 amide bonds. The quantitative estimate of drug-likeness (QED) is 0.876. The van der Waals surface area contributed by atoms with Gasteiger partial charge in [-0.15, -0.1) is 0 Å². The van der Waals surface area contributed by atoms with Gasteiger partial charge in [0.15, 0.2) is 0 Å². The Hall–Kier alpha value is -3.02. The van der Waals surface area contributed by atoms with Crippen LogP contribution < -0.4 is 19.7 Å². The molecule has 0 aromatic heterocycles. The Morgan fingerprint density at radius 1 is 1.04 bits per heavy atom. The highest BCUT2D eigenvalue weighted by atomic mass is 16.5. The van der Waals surface area contributed by atoms with E-state index in [0.717, 1.165) is 5.56 Å². The van der Waals surface area contributed by atoms with Crippen LogP contribution in [-0.2, 0) is 9.59 Å². The molecule has 0 spiro atoms. The highest BCUT2D eigenvalue weighted by molar-refractivity contribution is 6.02. The average molecular weight is 342 g/mol. The largest absolute Gasteiger partial charge is 0.497 e. The number of nitrogens with zero attached hydrogens (tertiary/aromatic N) is 1. The monoisotopic (exact) mass is 342 g/mol. The standard InChI is InChI=1S/C19H22N2O4/c1-13-5-7-15(8-6-13)21(14(2)22)12-19(23)20-17-11-16(24-3)9-10-18(17)25-4/h5-11H,12H2,1-4H3,(H,20,23). The number of methoxy groups -OCH3 is 2. The lowest BCUT2D eigenvalue weighted by molar-refractivity contribution is -0.120. The zero-order chi connectivity index (χ0) is 18.4. The number of aryl methyl sites for hydroxylation is 1. The fraction of sp³-hybridized carbons (Fsp3) is 0.263. The zero-order valence-corrected chi connectivity index (χ0v) is 14.8. The summed E-state index contributed by atoms with van der Waals surface area (Å²) in [6, 6.07) is 12.5. The number of hydrogen-bond donors (Lipinski definition) is 1. The van der Waals surface area contributed by atoms with Crippen molar-refractivity contribution >= 4 is 23.2 Å². The Kier molecular flexibility index (Phi) is 6.00. The van der Waals surface area contributed by atoms with E-state index >= 15 is 0 Å². The molecule has 2 aromatic carbocycles. The molecule has 2 aromatic rings. The first kappa shape index (κ1) is 18.3. The number of ether oxygens (including phenoxy) is 2. The molecular weight excluding hydrogens is 320 g/mol. The maximum Gasteiger partial charge on any atom is 0.244 e. The summed E-state index contributed by atoms with van der Waals surface area (Å²) in [5.74, 6) is 0.566. The molecule has 6 heteroatoms. The molecule has 0 radical (unpaired) electrons. The molecule has 1 N–H and O–H groups in total. The van der Waals surface area contributed by atoms with Crippen LogP contribution in [-0.4, -0.2) is 32.6 Å². The number of carbonyl (C=O) groups is 2. The second-order valence-electron chi connectivity index (χ2n) is 5.56. The number of anilines is 2. The number of benzene rings is 2. The van der Waals surface area contributed by atoms with E-state index in [2.05, 4.69) is 5.32 Å². The van der Waals surface area contributed by atoms with E-state index in [1.807, 2.05) is 31.2 Å². The molecule has 0 aliphatic heterocycles. The molecule has 0 fully saturated rings. The van der Waals surface area contributed by atoms with Gasteiger partial charge < -0.3 is 19.7 Å². The van der Waals surface area contributed by atoms with Crippen LogP contribution in [0.2, 0.25) is 0 Å². The lowest BCUT2D eigenvalue weighted by Gasteiger charge is -2.21. The van der Waals surface area contributed by atoms with Crippen LogP contribution in [0.25, 0.3) is 0 Å². The van der Waals surface area contributed by atoms with Crippen molar-refractivity contribution in [1.82, 2.24) is 0 Å². The van der Waals surface area contributed by atoms with Crippen molar-refractivity contribution in [3.8, 4) is 11.5 Å². The molecule has 25 heavy (non-hydrogen) atoms. The average Bonchev–Trinajstić information content (AvgIpc) is 2.60. The molecule has 0 saturated carbocycles. The number of amides is 2. The molecule has 2 rings (SSSR count). The summed E-state index contributed by atoms with van der Waals surface area (Å²) >= 11 is 0. The SMILES string of the molecule is COc1ccc(OC)c(NC(=O)CN(C(C)=O)c2ccc(C)cc2)c1. The van der Waals surface area contributed by atoms with Crippen LogP contribution in [0.3, 0.4) is 0 Å². The van der Waals surface area contributed by atoms with Gasteiger partial charge in [0, 0.05) is 18.7 Å². The zero-order valence-electron chi connectivity index (χ0n) is 14.8. The number of hydrogen-bond acceptors (Lipinski definition) is 4. The first-order valence-electron chi connectivity index (χ1n) is 7.81. The first-order valence-corrected chi connectivity index (χ1v) is 7.81. The van der Waals surface area contributed by atoms with Crippen molar-refractivity contribution in [2.24, 2.45) is 0 Å². The highest BCUT2D eigenvalue weighted by Gasteiger charge is 2.17. The van der Waals surface area contributed by atoms with Gasteiger partial charge in [-0.2, -0.15) is 0 Å². The van der Waals surface area contributed by atoms with Gasteiger partial charge in [-0.3, -0.25) is 9.59 Å². The molecule has 0 atom stereocenters. The third kappa shape index (κ3) is 4.73. The Bertz CT molecular complexity index is 757. The third-order valence-corrected chi connectivity index (χ3v) is 3.71. The second kappa shape index (κ2) is 8.19. The fourth-order valence-corrected chi connectivity index (χ4v) is 2.35. The van der Waals surface area contributed by atoms with Gasteiger partial charge >= 0.3 is 0 Å². The predicted molar refractivity (Wildman–Crippen MR) is 97.4 cm³/mol. The summed E-state index contributed by atoms with van der Waals surface area (Å²) in [6.45, 7) is 3.29. The van der Waals surface area contributed by atoms with Crippen LogP contribution >= 0.6 is 0 Å². The molecular formula is C19H22N2O4. The molecule has 0 aliphatic carbocycles. The van der Waals surface area contributed by atoms with Gasteiger partial charge in [0.05, 0.1) is 19.9 Å². The van der Waals surface area contributed by atoms with Gasteiger partial charge in [0.2, 0.25) is 11.8 Å². The molecule has 6 nitrogen and oxygen atoms in total. The van der Waals surface area contributed by atoms with Crippen molar-refractivity contribution in [3.05, 3.63) is 48.0 Å². The molecule has 132 valence electrons. The van der Waals surface area contributed by atoms with Gasteiger partial charge in [0.1, 0.15) is 18.0 Å². The topological polar surface area (TPSA) is 67.9 Å². The summed E-state index contributed by atoms with van der Waals surface area (Å²) in [5.41, 5.74) is 2.24. The van der Waals surface area contributed by atoms with E-state index in [4.69, 9.17) is 9.47 Å². The minimum absolute atomic E-state index is 0.0985. The number of rotatable bonds is 6. The van der Waals surface area contributed by atoms with E-state index < -0.39 is 0 Å². The Morgan fingerprint density at radius 3 is 2.28 bits per heavy atom. The molecule has 0 heterocycles. The summed E-state index contributed by atoms with van der Waals surface area (Å²) in [4.78, 5) is 25.8. The van der Waals surface area contributed by atoms with Gasteiger partial charge in [-0.05, 0) is 31.2 Å². The van der Waals surface area contributed by atoms with Gasteiger partial charge in [-0.1, -0.05) is 17.7 Å². The minimum atomic E-state index is -0.331. The van der Waals surface area contributed by atoms with E-state index in [9.17, 15) is 9.59 Å². The van der Waals surface area contributed by atoms with Gasteiger partial charge in [0.25, 0.3) is 0 Å². The summed E-state index contributed by atoms with van der Waals surface area (Å²) < 4.78 is 10.4. The van der Waals surface area contributed by atoms with Gasteiger partial charge in [-0.25, -0.2) is 0 Å². The van der Waals surface area contributed by atoms with Crippen molar-refractivity contribution < 1.29 is 19.1 Å². The maximum atomic E-state index is 12.4. The predicted octanol–water partition coefficient (Wildman–Crippen LogP) is 3.00. The van der Waals surface area contributed by atoms with Crippen LogP contribution in [0, 0.1) is 6.92 Å². The Morgan fingerprint density at radius 2 is 1.72 bits per heavy atom. The van der Waals surface area contributed by atoms with Crippen molar-refractivity contribution in [2.75, 3.05) is 31.0 Å². The number of nitrogens with one attached hydrogen (secondary N) is 1. The Labute approximate surface area is 147 Å². The smallest absolute Gasteiger partial charge is 0.244 e. The minimum Gasteiger partial charge on any atom is -0.497 e. The summed E-state index contributed by atoms with van der Waals surface area (Å²) in [5, 5.41) is 2.76. The van der Waals surface area contributed by atoms with E-state index in [-0.39, 0.29) is 18.4 Å². The van der Waals surface area contributed by atoms with Crippen molar-refractivity contribution in [1.29, 1.82) is 0 Å². The maximum absolute atomic E-state index is 12.4. The normalized spacial score (nSPS) is 10.1. The fourth-order valence-electron chi connectivity index (χ4n) is 2.35.